The molecule has 0 aliphatic rings. The molecule has 0 unspecified atom stereocenters. The van der Waals surface area contributed by atoms with Gasteiger partial charge in [0.2, 0.25) is 0 Å². The fraction of sp³-hybridized carbons (Fsp3) is 1.00. The lowest BCUT2D eigenvalue weighted by atomic mass is 10.4. The van der Waals surface area contributed by atoms with Crippen molar-refractivity contribution in [1.82, 2.24) is 4.90 Å². The SMILES string of the molecule is CCN(CC)CCC[NH2+][O-]. The Morgan fingerprint density at radius 3 is 2.30 bits per heavy atom. The molecule has 0 amide bonds. The highest BCUT2D eigenvalue weighted by Crippen LogP contribution is 1.87. The van der Waals surface area contributed by atoms with Crippen molar-refractivity contribution in [3.8, 4) is 0 Å². The molecule has 10 heavy (non-hydrogen) atoms. The lowest BCUT2D eigenvalue weighted by Crippen LogP contribution is -2.77. The highest BCUT2D eigenvalue weighted by molar-refractivity contribution is 4.50. The second kappa shape index (κ2) is 6.99. The van der Waals surface area contributed by atoms with Crippen molar-refractivity contribution in [3.05, 3.63) is 5.21 Å². The minimum absolute atomic E-state index is 0.705. The molecule has 0 saturated heterocycles. The summed E-state index contributed by atoms with van der Waals surface area (Å²) in [6.45, 7) is 8.24. The Hall–Kier alpha value is -0.120. The van der Waals surface area contributed by atoms with E-state index in [1.807, 2.05) is 0 Å². The number of nitrogens with two attached hydrogens (primary N) is 1. The molecular formula is C7H18N2O. The van der Waals surface area contributed by atoms with Gasteiger partial charge in [0.1, 0.15) is 0 Å². The summed E-state index contributed by atoms with van der Waals surface area (Å²) in [7, 11) is 0. The Kier molecular flexibility index (Phi) is 6.91. The normalized spacial score (nSPS) is 10.8. The van der Waals surface area contributed by atoms with Crippen LogP contribution in [-0.4, -0.2) is 31.1 Å². The fourth-order valence-corrected chi connectivity index (χ4v) is 0.938. The molecule has 0 aromatic carbocycles. The molecule has 0 spiro atoms. The van der Waals surface area contributed by atoms with Gasteiger partial charge < -0.3 is 15.6 Å². The molecule has 0 fully saturated rings. The van der Waals surface area contributed by atoms with E-state index in [0.29, 0.717) is 6.54 Å². The largest absolute Gasteiger partial charge is 0.636 e. The molecule has 0 aliphatic heterocycles. The highest BCUT2D eigenvalue weighted by Gasteiger charge is 1.96. The quantitative estimate of drug-likeness (QED) is 0.416. The minimum Gasteiger partial charge on any atom is -0.636 e. The van der Waals surface area contributed by atoms with Gasteiger partial charge in [-0.25, -0.2) is 0 Å². The third-order valence-corrected chi connectivity index (χ3v) is 1.69. The van der Waals surface area contributed by atoms with Gasteiger partial charge in [0.25, 0.3) is 0 Å². The maximum absolute atomic E-state index is 9.94. The minimum atomic E-state index is 0.705. The lowest BCUT2D eigenvalue weighted by molar-refractivity contribution is -0.589. The van der Waals surface area contributed by atoms with E-state index in [2.05, 4.69) is 18.7 Å². The summed E-state index contributed by atoms with van der Waals surface area (Å²) in [6, 6.07) is 0. The van der Waals surface area contributed by atoms with Crippen molar-refractivity contribution in [2.45, 2.75) is 20.3 Å². The zero-order chi connectivity index (χ0) is 7.82. The van der Waals surface area contributed by atoms with E-state index in [9.17, 15) is 5.21 Å². The van der Waals surface area contributed by atoms with Crippen LogP contribution in [0.4, 0.5) is 0 Å². The summed E-state index contributed by atoms with van der Waals surface area (Å²) in [4.78, 5) is 2.32. The maximum Gasteiger partial charge on any atom is 0.0765 e. The monoisotopic (exact) mass is 146 g/mol. The fourth-order valence-electron chi connectivity index (χ4n) is 0.938. The molecule has 62 valence electrons. The Labute approximate surface area is 63.0 Å². The van der Waals surface area contributed by atoms with E-state index in [-0.39, 0.29) is 0 Å². The van der Waals surface area contributed by atoms with Gasteiger partial charge in [0.15, 0.2) is 0 Å². The summed E-state index contributed by atoms with van der Waals surface area (Å²) in [5.41, 5.74) is 0.990. The molecule has 0 aromatic rings. The average Bonchev–Trinajstić information content (AvgIpc) is 1.99. The molecule has 0 heterocycles. The first-order chi connectivity index (χ1) is 4.85. The van der Waals surface area contributed by atoms with Crippen molar-refractivity contribution in [3.63, 3.8) is 0 Å². The Bertz CT molecular complexity index is 64.6. The van der Waals surface area contributed by atoms with Crippen LogP contribution in [0.25, 0.3) is 0 Å². The molecular weight excluding hydrogens is 128 g/mol. The van der Waals surface area contributed by atoms with Gasteiger partial charge in [-0.3, -0.25) is 0 Å². The molecule has 0 aromatic heterocycles. The van der Waals surface area contributed by atoms with Crippen molar-refractivity contribution in [2.24, 2.45) is 0 Å². The molecule has 3 heteroatoms. The maximum atomic E-state index is 9.94. The number of hydrogen-bond donors (Lipinski definition) is 1. The van der Waals surface area contributed by atoms with Crippen molar-refractivity contribution >= 4 is 0 Å². The zero-order valence-electron chi connectivity index (χ0n) is 6.97. The van der Waals surface area contributed by atoms with E-state index >= 15 is 0 Å². The number of hydroxylamine groups is 1. The van der Waals surface area contributed by atoms with Crippen LogP contribution < -0.4 is 5.48 Å². The predicted molar refractivity (Wildman–Crippen MR) is 42.6 cm³/mol. The highest BCUT2D eigenvalue weighted by atomic mass is 16.5. The molecule has 0 saturated carbocycles. The standard InChI is InChI=1S/C7H18N2O/c1-3-9(4-2)7-5-6-8-10/h3-8H2,1-2H3. The first-order valence-electron chi connectivity index (χ1n) is 4.01. The summed E-state index contributed by atoms with van der Waals surface area (Å²) in [6.07, 6.45) is 1.01. The van der Waals surface area contributed by atoms with Gasteiger partial charge in [0.05, 0.1) is 6.54 Å². The van der Waals surface area contributed by atoms with Gasteiger partial charge in [0, 0.05) is 13.0 Å². The van der Waals surface area contributed by atoms with Crippen LogP contribution in [0, 0.1) is 5.21 Å². The topological polar surface area (TPSA) is 42.9 Å². The summed E-state index contributed by atoms with van der Waals surface area (Å²) >= 11 is 0. The summed E-state index contributed by atoms with van der Waals surface area (Å²) in [5, 5.41) is 9.94. The number of quaternary nitrogens is 1. The Morgan fingerprint density at radius 2 is 1.90 bits per heavy atom. The van der Waals surface area contributed by atoms with Gasteiger partial charge in [-0.1, -0.05) is 13.8 Å². The molecule has 0 rings (SSSR count). The van der Waals surface area contributed by atoms with E-state index in [1.54, 1.807) is 0 Å². The third-order valence-electron chi connectivity index (χ3n) is 1.69. The van der Waals surface area contributed by atoms with Gasteiger partial charge in [-0.2, -0.15) is 0 Å². The molecule has 0 bridgehead atoms. The van der Waals surface area contributed by atoms with Crippen molar-refractivity contribution in [2.75, 3.05) is 26.2 Å². The molecule has 2 N–H and O–H groups in total. The van der Waals surface area contributed by atoms with Crippen LogP contribution in [0.1, 0.15) is 20.3 Å². The second-order valence-corrected chi connectivity index (χ2v) is 2.34. The summed E-state index contributed by atoms with van der Waals surface area (Å²) < 4.78 is 0. The van der Waals surface area contributed by atoms with E-state index in [0.717, 1.165) is 31.5 Å². The van der Waals surface area contributed by atoms with Crippen molar-refractivity contribution in [1.29, 1.82) is 0 Å². The Balaban J connectivity index is 3.09. The van der Waals surface area contributed by atoms with Crippen LogP contribution in [-0.2, 0) is 0 Å². The van der Waals surface area contributed by atoms with Crippen LogP contribution in [0.2, 0.25) is 0 Å². The Morgan fingerprint density at radius 1 is 1.30 bits per heavy atom. The van der Waals surface area contributed by atoms with E-state index < -0.39 is 0 Å². The van der Waals surface area contributed by atoms with Gasteiger partial charge in [-0.15, -0.1) is 0 Å². The lowest BCUT2D eigenvalue weighted by Gasteiger charge is -2.17. The predicted octanol–water partition coefficient (Wildman–Crippen LogP) is -0.220. The first kappa shape index (κ1) is 9.88. The number of nitrogens with zero attached hydrogens (tertiary/aromatic N) is 1. The molecule has 0 radical (unpaired) electrons. The molecule has 0 atom stereocenters. The number of hydrogen-bond acceptors (Lipinski definition) is 2. The summed E-state index contributed by atoms with van der Waals surface area (Å²) in [5.74, 6) is 0. The van der Waals surface area contributed by atoms with Crippen LogP contribution in [0.15, 0.2) is 0 Å². The van der Waals surface area contributed by atoms with Gasteiger partial charge >= 0.3 is 0 Å². The van der Waals surface area contributed by atoms with Crippen LogP contribution >= 0.6 is 0 Å². The van der Waals surface area contributed by atoms with E-state index in [1.165, 1.54) is 0 Å². The van der Waals surface area contributed by atoms with Crippen LogP contribution in [0.5, 0.6) is 0 Å². The van der Waals surface area contributed by atoms with E-state index in [4.69, 9.17) is 0 Å². The zero-order valence-corrected chi connectivity index (χ0v) is 6.97. The van der Waals surface area contributed by atoms with Crippen LogP contribution in [0.3, 0.4) is 0 Å². The smallest absolute Gasteiger partial charge is 0.0765 e. The average molecular weight is 146 g/mol. The molecule has 0 aliphatic carbocycles. The first-order valence-corrected chi connectivity index (χ1v) is 4.01. The second-order valence-electron chi connectivity index (χ2n) is 2.34. The third kappa shape index (κ3) is 4.73. The number of rotatable bonds is 6. The van der Waals surface area contributed by atoms with Gasteiger partial charge in [-0.05, 0) is 13.1 Å². The molecule has 3 nitrogen and oxygen atoms in total. The van der Waals surface area contributed by atoms with Crippen molar-refractivity contribution < 1.29 is 5.48 Å².